The van der Waals surface area contributed by atoms with Crippen LogP contribution in [0.25, 0.3) is 0 Å². The molecule has 1 saturated heterocycles. The van der Waals surface area contributed by atoms with Crippen molar-refractivity contribution in [1.82, 2.24) is 9.97 Å². The Morgan fingerprint density at radius 3 is 2.96 bits per heavy atom. The normalized spacial score (nSPS) is 17.2. The van der Waals surface area contributed by atoms with Crippen LogP contribution in [0.4, 0.5) is 17.3 Å². The molecular formula is C16H25N5O4. The Hall–Kier alpha value is -2.45. The Bertz CT molecular complexity index is 610. The summed E-state index contributed by atoms with van der Waals surface area (Å²) in [7, 11) is 0. The molecule has 0 amide bonds. The molecule has 1 aliphatic rings. The number of nitrogens with one attached hydrogen (secondary N) is 1. The zero-order valence-corrected chi connectivity index (χ0v) is 14.7. The third kappa shape index (κ3) is 4.77. The second-order valence-electron chi connectivity index (χ2n) is 5.97. The molecule has 1 fully saturated rings. The fraction of sp³-hybridized carbons (Fsp3) is 0.688. The molecule has 1 unspecified atom stereocenters. The van der Waals surface area contributed by atoms with Gasteiger partial charge >= 0.3 is 11.7 Å². The lowest BCUT2D eigenvalue weighted by atomic mass is 9.98. The van der Waals surface area contributed by atoms with Gasteiger partial charge in [0.2, 0.25) is 11.6 Å². The van der Waals surface area contributed by atoms with Gasteiger partial charge in [0.15, 0.2) is 0 Å². The third-order valence-electron chi connectivity index (χ3n) is 4.15. The second-order valence-corrected chi connectivity index (χ2v) is 5.97. The van der Waals surface area contributed by atoms with E-state index in [-0.39, 0.29) is 29.2 Å². The number of piperidine rings is 1. The van der Waals surface area contributed by atoms with Gasteiger partial charge in [-0.05, 0) is 26.2 Å². The van der Waals surface area contributed by atoms with Crippen LogP contribution in [0.5, 0.6) is 0 Å². The monoisotopic (exact) mass is 351 g/mol. The Kier molecular flexibility index (Phi) is 6.91. The summed E-state index contributed by atoms with van der Waals surface area (Å²) in [5.41, 5.74) is -0.136. The number of anilines is 2. The van der Waals surface area contributed by atoms with Gasteiger partial charge in [0, 0.05) is 19.6 Å². The first kappa shape index (κ1) is 18.9. The van der Waals surface area contributed by atoms with Gasteiger partial charge in [0.1, 0.15) is 6.33 Å². The van der Waals surface area contributed by atoms with Gasteiger partial charge < -0.3 is 15.0 Å². The minimum Gasteiger partial charge on any atom is -0.466 e. The molecule has 1 aromatic heterocycles. The molecule has 1 N–H and O–H groups in total. The number of carbonyl (C=O) groups is 1. The zero-order valence-electron chi connectivity index (χ0n) is 14.7. The lowest BCUT2D eigenvalue weighted by Crippen LogP contribution is -2.40. The van der Waals surface area contributed by atoms with Crippen LogP contribution >= 0.6 is 0 Å². The van der Waals surface area contributed by atoms with E-state index in [1.807, 2.05) is 6.92 Å². The molecule has 0 aliphatic carbocycles. The molecule has 0 radical (unpaired) electrons. The van der Waals surface area contributed by atoms with Crippen LogP contribution in [0, 0.1) is 16.0 Å². The molecule has 1 atom stereocenters. The molecular weight excluding hydrogens is 326 g/mol. The molecule has 138 valence electrons. The smallest absolute Gasteiger partial charge is 0.353 e. The number of hydrogen-bond acceptors (Lipinski definition) is 8. The summed E-state index contributed by atoms with van der Waals surface area (Å²) in [6, 6.07) is 0. The number of aromatic nitrogens is 2. The van der Waals surface area contributed by atoms with Crippen LogP contribution in [-0.2, 0) is 9.53 Å². The van der Waals surface area contributed by atoms with E-state index >= 15 is 0 Å². The van der Waals surface area contributed by atoms with Crippen molar-refractivity contribution in [3.05, 3.63) is 16.4 Å². The summed E-state index contributed by atoms with van der Waals surface area (Å²) in [5, 5.41) is 14.6. The highest BCUT2D eigenvalue weighted by molar-refractivity contribution is 5.75. The molecule has 0 aromatic carbocycles. The quantitative estimate of drug-likeness (QED) is 0.329. The van der Waals surface area contributed by atoms with E-state index in [0.29, 0.717) is 26.2 Å². The van der Waals surface area contributed by atoms with Crippen molar-refractivity contribution in [2.75, 3.05) is 36.5 Å². The van der Waals surface area contributed by atoms with Gasteiger partial charge in [-0.1, -0.05) is 13.3 Å². The average molecular weight is 351 g/mol. The minimum atomic E-state index is -0.461. The number of hydrogen-bond donors (Lipinski definition) is 1. The number of ether oxygens (including phenoxy) is 1. The van der Waals surface area contributed by atoms with E-state index in [1.54, 1.807) is 11.8 Å². The fourth-order valence-electron chi connectivity index (χ4n) is 2.90. The van der Waals surface area contributed by atoms with Gasteiger partial charge in [0.25, 0.3) is 0 Å². The maximum atomic E-state index is 12.0. The summed E-state index contributed by atoms with van der Waals surface area (Å²) >= 11 is 0. The zero-order chi connectivity index (χ0) is 18.2. The molecule has 0 saturated carbocycles. The minimum absolute atomic E-state index is 0.136. The number of unbranched alkanes of at least 4 members (excludes halogenated alkanes) is 1. The van der Waals surface area contributed by atoms with Crippen molar-refractivity contribution in [3.63, 3.8) is 0 Å². The maximum Gasteiger partial charge on any atom is 0.353 e. The molecule has 9 nitrogen and oxygen atoms in total. The lowest BCUT2D eigenvalue weighted by molar-refractivity contribution is -0.383. The highest BCUT2D eigenvalue weighted by Gasteiger charge is 2.33. The van der Waals surface area contributed by atoms with Crippen molar-refractivity contribution in [3.8, 4) is 0 Å². The summed E-state index contributed by atoms with van der Waals surface area (Å²) in [5.74, 6) is -0.0697. The van der Waals surface area contributed by atoms with Crippen LogP contribution in [-0.4, -0.2) is 47.1 Å². The Morgan fingerprint density at radius 1 is 1.48 bits per heavy atom. The van der Waals surface area contributed by atoms with Gasteiger partial charge in [-0.15, -0.1) is 0 Å². The maximum absolute atomic E-state index is 12.0. The van der Waals surface area contributed by atoms with Crippen LogP contribution in [0.2, 0.25) is 0 Å². The van der Waals surface area contributed by atoms with Crippen molar-refractivity contribution in [2.24, 2.45) is 5.92 Å². The first-order valence-corrected chi connectivity index (χ1v) is 8.73. The summed E-state index contributed by atoms with van der Waals surface area (Å²) in [6.07, 6.45) is 4.67. The molecule has 25 heavy (non-hydrogen) atoms. The standard InChI is InChI=1S/C16H25N5O4/c1-3-5-8-17-14-13(21(23)24)15(19-11-18-14)20-9-6-7-12(10-20)16(22)25-4-2/h11-12H,3-10H2,1-2H3,(H,17,18,19). The lowest BCUT2D eigenvalue weighted by Gasteiger charge is -2.32. The Labute approximate surface area is 146 Å². The van der Waals surface area contributed by atoms with Crippen molar-refractivity contribution >= 4 is 23.3 Å². The Morgan fingerprint density at radius 2 is 2.28 bits per heavy atom. The predicted octanol–water partition coefficient (Wildman–Crippen LogP) is 2.38. The third-order valence-corrected chi connectivity index (χ3v) is 4.15. The number of carbonyl (C=O) groups excluding carboxylic acids is 1. The largest absolute Gasteiger partial charge is 0.466 e. The van der Waals surface area contributed by atoms with Crippen molar-refractivity contribution in [2.45, 2.75) is 39.5 Å². The predicted molar refractivity (Wildman–Crippen MR) is 93.7 cm³/mol. The van der Waals surface area contributed by atoms with Gasteiger partial charge in [-0.25, -0.2) is 9.97 Å². The van der Waals surface area contributed by atoms with E-state index in [2.05, 4.69) is 15.3 Å². The van der Waals surface area contributed by atoms with E-state index in [0.717, 1.165) is 25.7 Å². The number of nitrogens with zero attached hydrogens (tertiary/aromatic N) is 4. The molecule has 1 aliphatic heterocycles. The highest BCUT2D eigenvalue weighted by atomic mass is 16.6. The first-order chi connectivity index (χ1) is 12.1. The summed E-state index contributed by atoms with van der Waals surface area (Å²) < 4.78 is 5.09. The van der Waals surface area contributed by atoms with Crippen LogP contribution in [0.1, 0.15) is 39.5 Å². The fourth-order valence-corrected chi connectivity index (χ4v) is 2.90. The number of esters is 1. The summed E-state index contributed by atoms with van der Waals surface area (Å²) in [4.78, 5) is 33.1. The SMILES string of the molecule is CCCCNc1ncnc(N2CCCC(C(=O)OCC)C2)c1[N+](=O)[O-]. The topological polar surface area (TPSA) is 110 Å². The molecule has 0 bridgehead atoms. The van der Waals surface area contributed by atoms with Gasteiger partial charge in [-0.3, -0.25) is 14.9 Å². The molecule has 2 heterocycles. The highest BCUT2D eigenvalue weighted by Crippen LogP contribution is 2.34. The van der Waals surface area contributed by atoms with Crippen LogP contribution in [0.15, 0.2) is 6.33 Å². The van der Waals surface area contributed by atoms with E-state index in [1.165, 1.54) is 6.33 Å². The molecule has 1 aromatic rings. The van der Waals surface area contributed by atoms with E-state index in [9.17, 15) is 14.9 Å². The van der Waals surface area contributed by atoms with Gasteiger partial charge in [-0.2, -0.15) is 0 Å². The molecule has 9 heteroatoms. The van der Waals surface area contributed by atoms with Crippen LogP contribution in [0.3, 0.4) is 0 Å². The molecule has 2 rings (SSSR count). The average Bonchev–Trinajstić information content (AvgIpc) is 2.62. The van der Waals surface area contributed by atoms with E-state index < -0.39 is 4.92 Å². The number of nitro groups is 1. The first-order valence-electron chi connectivity index (χ1n) is 8.73. The Balaban J connectivity index is 2.23. The molecule has 0 spiro atoms. The van der Waals surface area contributed by atoms with E-state index in [4.69, 9.17) is 4.74 Å². The van der Waals surface area contributed by atoms with Crippen molar-refractivity contribution < 1.29 is 14.5 Å². The van der Waals surface area contributed by atoms with Gasteiger partial charge in [0.05, 0.1) is 17.4 Å². The summed E-state index contributed by atoms with van der Waals surface area (Å²) in [6.45, 7) is 5.73. The second kappa shape index (κ2) is 9.14. The van der Waals surface area contributed by atoms with Crippen LogP contribution < -0.4 is 10.2 Å². The van der Waals surface area contributed by atoms with Crippen molar-refractivity contribution in [1.29, 1.82) is 0 Å². The number of rotatable bonds is 8.